The average Bonchev–Trinajstić information content (AvgIpc) is 2.78. The van der Waals surface area contributed by atoms with E-state index in [1.165, 1.54) is 0 Å². The molecule has 0 amide bonds. The molecule has 0 aliphatic carbocycles. The molecule has 2 heterocycles. The summed E-state index contributed by atoms with van der Waals surface area (Å²) in [6.45, 7) is 2.88. The van der Waals surface area contributed by atoms with E-state index in [2.05, 4.69) is 16.0 Å². The predicted octanol–water partition coefficient (Wildman–Crippen LogP) is 0.749. The Hall–Kier alpha value is -1.13. The van der Waals surface area contributed by atoms with Crippen molar-refractivity contribution in [3.63, 3.8) is 0 Å². The van der Waals surface area contributed by atoms with Crippen LogP contribution in [0.5, 0.6) is 0 Å². The summed E-state index contributed by atoms with van der Waals surface area (Å²) < 4.78 is 0. The van der Waals surface area contributed by atoms with Gasteiger partial charge in [0, 0.05) is 32.4 Å². The Labute approximate surface area is 96.1 Å². The molecule has 16 heavy (non-hydrogen) atoms. The molecule has 1 aromatic heterocycles. The maximum atomic E-state index is 8.91. The van der Waals surface area contributed by atoms with Crippen molar-refractivity contribution in [1.82, 2.24) is 4.98 Å². The molecule has 1 saturated heterocycles. The fourth-order valence-electron chi connectivity index (χ4n) is 2.22. The number of nitrogens with two attached hydrogens (primary N) is 1. The van der Waals surface area contributed by atoms with Crippen LogP contribution in [0.15, 0.2) is 18.3 Å². The molecule has 0 spiro atoms. The van der Waals surface area contributed by atoms with Gasteiger partial charge in [0.15, 0.2) is 0 Å². The van der Waals surface area contributed by atoms with E-state index in [-0.39, 0.29) is 6.61 Å². The van der Waals surface area contributed by atoms with E-state index in [0.29, 0.717) is 12.5 Å². The molecule has 0 bridgehead atoms. The van der Waals surface area contributed by atoms with Gasteiger partial charge < -0.3 is 15.7 Å². The minimum atomic E-state index is 0.286. The van der Waals surface area contributed by atoms with Crippen LogP contribution in [0.1, 0.15) is 18.4 Å². The molecule has 88 valence electrons. The van der Waals surface area contributed by atoms with Crippen LogP contribution >= 0.6 is 0 Å². The second kappa shape index (κ2) is 5.27. The fourth-order valence-corrected chi connectivity index (χ4v) is 2.22. The maximum Gasteiger partial charge on any atom is 0.128 e. The van der Waals surface area contributed by atoms with E-state index < -0.39 is 0 Å². The van der Waals surface area contributed by atoms with E-state index in [4.69, 9.17) is 10.8 Å². The average molecular weight is 221 g/mol. The highest BCUT2D eigenvalue weighted by Crippen LogP contribution is 2.24. The summed E-state index contributed by atoms with van der Waals surface area (Å²) >= 11 is 0. The van der Waals surface area contributed by atoms with Crippen molar-refractivity contribution < 1.29 is 5.11 Å². The van der Waals surface area contributed by atoms with Crippen molar-refractivity contribution in [3.05, 3.63) is 23.9 Å². The second-order valence-electron chi connectivity index (χ2n) is 4.34. The zero-order valence-electron chi connectivity index (χ0n) is 9.47. The first-order valence-corrected chi connectivity index (χ1v) is 5.84. The van der Waals surface area contributed by atoms with Crippen LogP contribution in [0.2, 0.25) is 0 Å². The van der Waals surface area contributed by atoms with Crippen molar-refractivity contribution in [2.45, 2.75) is 19.4 Å². The normalized spacial score (nSPS) is 20.4. The Bertz CT molecular complexity index is 343. The van der Waals surface area contributed by atoms with Crippen molar-refractivity contribution in [2.24, 2.45) is 11.7 Å². The van der Waals surface area contributed by atoms with Crippen molar-refractivity contribution in [1.29, 1.82) is 0 Å². The predicted molar refractivity (Wildman–Crippen MR) is 64.2 cm³/mol. The van der Waals surface area contributed by atoms with Gasteiger partial charge >= 0.3 is 0 Å². The lowest BCUT2D eigenvalue weighted by molar-refractivity contribution is 0.263. The number of pyridine rings is 1. The molecule has 1 aliphatic heterocycles. The third-order valence-electron chi connectivity index (χ3n) is 3.19. The highest BCUT2D eigenvalue weighted by Gasteiger charge is 2.22. The molecule has 0 saturated carbocycles. The van der Waals surface area contributed by atoms with Crippen LogP contribution < -0.4 is 10.6 Å². The van der Waals surface area contributed by atoms with Gasteiger partial charge in [-0.3, -0.25) is 0 Å². The molecule has 1 aromatic rings. The van der Waals surface area contributed by atoms with Gasteiger partial charge in [-0.15, -0.1) is 0 Å². The highest BCUT2D eigenvalue weighted by atomic mass is 16.3. The van der Waals surface area contributed by atoms with Crippen molar-refractivity contribution in [3.8, 4) is 0 Å². The fraction of sp³-hybridized carbons (Fsp3) is 0.583. The van der Waals surface area contributed by atoms with Crippen LogP contribution in [-0.4, -0.2) is 29.8 Å². The van der Waals surface area contributed by atoms with Crippen LogP contribution in [0.25, 0.3) is 0 Å². The molecule has 0 radical (unpaired) electrons. The Morgan fingerprint density at radius 1 is 1.56 bits per heavy atom. The first-order valence-electron chi connectivity index (χ1n) is 5.84. The molecule has 1 aliphatic rings. The minimum Gasteiger partial charge on any atom is -0.396 e. The lowest BCUT2D eigenvalue weighted by atomic mass is 10.1. The van der Waals surface area contributed by atoms with Gasteiger partial charge in [0.1, 0.15) is 5.82 Å². The molecular weight excluding hydrogens is 202 g/mol. The Morgan fingerprint density at radius 2 is 2.44 bits per heavy atom. The summed E-state index contributed by atoms with van der Waals surface area (Å²) in [5.74, 6) is 1.62. The summed E-state index contributed by atoms with van der Waals surface area (Å²) in [6, 6.07) is 4.01. The van der Waals surface area contributed by atoms with Gasteiger partial charge in [0.05, 0.1) is 0 Å². The minimum absolute atomic E-state index is 0.286. The van der Waals surface area contributed by atoms with Gasteiger partial charge in [0.2, 0.25) is 0 Å². The number of nitrogens with zero attached hydrogens (tertiary/aromatic N) is 2. The zero-order valence-corrected chi connectivity index (χ0v) is 9.47. The molecule has 3 N–H and O–H groups in total. The molecule has 4 nitrogen and oxygen atoms in total. The second-order valence-corrected chi connectivity index (χ2v) is 4.34. The summed E-state index contributed by atoms with van der Waals surface area (Å²) in [5.41, 5.74) is 6.73. The van der Waals surface area contributed by atoms with Gasteiger partial charge in [-0.1, -0.05) is 0 Å². The van der Waals surface area contributed by atoms with Crippen molar-refractivity contribution in [2.75, 3.05) is 24.6 Å². The van der Waals surface area contributed by atoms with Gasteiger partial charge in [0.25, 0.3) is 0 Å². The van der Waals surface area contributed by atoms with Gasteiger partial charge in [-0.25, -0.2) is 4.98 Å². The Balaban J connectivity index is 2.02. The molecule has 1 unspecified atom stereocenters. The maximum absolute atomic E-state index is 8.91. The summed E-state index contributed by atoms with van der Waals surface area (Å²) in [5, 5.41) is 8.91. The number of hydrogen-bond donors (Lipinski definition) is 2. The number of aliphatic hydroxyl groups is 1. The number of anilines is 1. The quantitative estimate of drug-likeness (QED) is 0.787. The first kappa shape index (κ1) is 11.4. The molecular formula is C12H19N3O. The van der Waals surface area contributed by atoms with Crippen LogP contribution in [0.4, 0.5) is 5.82 Å². The Morgan fingerprint density at radius 3 is 3.19 bits per heavy atom. The third kappa shape index (κ3) is 2.51. The number of aliphatic hydroxyl groups excluding tert-OH is 1. The number of aromatic nitrogens is 1. The molecule has 0 aromatic carbocycles. The van der Waals surface area contributed by atoms with E-state index in [9.17, 15) is 0 Å². The highest BCUT2D eigenvalue weighted by molar-refractivity contribution is 5.42. The lowest BCUT2D eigenvalue weighted by Crippen LogP contribution is -2.21. The molecule has 1 atom stereocenters. The van der Waals surface area contributed by atoms with E-state index >= 15 is 0 Å². The third-order valence-corrected chi connectivity index (χ3v) is 3.19. The monoisotopic (exact) mass is 221 g/mol. The number of rotatable bonds is 4. The summed E-state index contributed by atoms with van der Waals surface area (Å²) in [6.07, 6.45) is 3.86. The van der Waals surface area contributed by atoms with Gasteiger partial charge in [-0.05, 0) is 36.5 Å². The largest absolute Gasteiger partial charge is 0.396 e. The van der Waals surface area contributed by atoms with Crippen LogP contribution in [-0.2, 0) is 6.54 Å². The molecule has 1 fully saturated rings. The first-order chi connectivity index (χ1) is 7.83. The van der Waals surface area contributed by atoms with E-state index in [0.717, 1.165) is 37.3 Å². The van der Waals surface area contributed by atoms with E-state index in [1.54, 1.807) is 0 Å². The van der Waals surface area contributed by atoms with Crippen LogP contribution in [0, 0.1) is 5.92 Å². The Kier molecular flexibility index (Phi) is 3.74. The SMILES string of the molecule is NCc1ccnc(N2CCC(CCO)C2)c1. The molecule has 4 heteroatoms. The smallest absolute Gasteiger partial charge is 0.128 e. The van der Waals surface area contributed by atoms with Crippen LogP contribution in [0.3, 0.4) is 0 Å². The molecule has 2 rings (SSSR count). The standard InChI is InChI=1S/C12H19N3O/c13-8-11-1-4-14-12(7-11)15-5-2-10(9-15)3-6-16/h1,4,7,10,16H,2-3,5-6,8-9,13H2. The summed E-state index contributed by atoms with van der Waals surface area (Å²) in [4.78, 5) is 6.65. The lowest BCUT2D eigenvalue weighted by Gasteiger charge is -2.17. The topological polar surface area (TPSA) is 62.4 Å². The zero-order chi connectivity index (χ0) is 11.4. The summed E-state index contributed by atoms with van der Waals surface area (Å²) in [7, 11) is 0. The van der Waals surface area contributed by atoms with Crippen molar-refractivity contribution >= 4 is 5.82 Å². The van der Waals surface area contributed by atoms with Gasteiger partial charge in [-0.2, -0.15) is 0 Å². The number of hydrogen-bond acceptors (Lipinski definition) is 4. The van der Waals surface area contributed by atoms with E-state index in [1.807, 2.05) is 12.3 Å².